The van der Waals surface area contributed by atoms with Crippen molar-refractivity contribution in [1.82, 2.24) is 4.98 Å². The van der Waals surface area contributed by atoms with E-state index in [9.17, 15) is 4.79 Å². The van der Waals surface area contributed by atoms with Crippen molar-refractivity contribution in [2.24, 2.45) is 0 Å². The fourth-order valence-corrected chi connectivity index (χ4v) is 2.19. The predicted molar refractivity (Wildman–Crippen MR) is 73.4 cm³/mol. The van der Waals surface area contributed by atoms with Gasteiger partial charge in [0.15, 0.2) is 5.76 Å². The van der Waals surface area contributed by atoms with E-state index in [1.54, 1.807) is 24.5 Å². The SMILES string of the molecule is Cc1ccc2oc(C(=O)c3ccncc3)c(C)c2c1. The number of carbonyl (C=O) groups excluding carboxylic acids is 1. The number of aromatic nitrogens is 1. The van der Waals surface area contributed by atoms with Gasteiger partial charge >= 0.3 is 0 Å². The molecule has 0 fully saturated rings. The minimum Gasteiger partial charge on any atom is -0.452 e. The Hall–Kier alpha value is -2.42. The number of furan rings is 1. The van der Waals surface area contributed by atoms with Crippen LogP contribution in [0.3, 0.4) is 0 Å². The van der Waals surface area contributed by atoms with Gasteiger partial charge in [-0.25, -0.2) is 0 Å². The van der Waals surface area contributed by atoms with Crippen LogP contribution in [-0.4, -0.2) is 10.8 Å². The summed E-state index contributed by atoms with van der Waals surface area (Å²) in [4.78, 5) is 16.3. The fraction of sp³-hybridized carbons (Fsp3) is 0.125. The van der Waals surface area contributed by atoms with Gasteiger partial charge in [-0.05, 0) is 38.1 Å². The lowest BCUT2D eigenvalue weighted by Gasteiger charge is -1.97. The highest BCUT2D eigenvalue weighted by atomic mass is 16.3. The second kappa shape index (κ2) is 4.35. The van der Waals surface area contributed by atoms with Crippen molar-refractivity contribution < 1.29 is 9.21 Å². The van der Waals surface area contributed by atoms with Crippen molar-refractivity contribution in [2.45, 2.75) is 13.8 Å². The molecule has 3 aromatic rings. The Balaban J connectivity index is 2.16. The minimum atomic E-state index is -0.103. The molecule has 1 aromatic carbocycles. The molecule has 94 valence electrons. The monoisotopic (exact) mass is 251 g/mol. The molecule has 0 radical (unpaired) electrons. The Labute approximate surface area is 110 Å². The Bertz CT molecular complexity index is 757. The molecule has 0 N–H and O–H groups in total. The van der Waals surface area contributed by atoms with Gasteiger partial charge in [-0.2, -0.15) is 0 Å². The Morgan fingerprint density at radius 2 is 1.84 bits per heavy atom. The van der Waals surface area contributed by atoms with Gasteiger partial charge < -0.3 is 4.42 Å². The highest BCUT2D eigenvalue weighted by Crippen LogP contribution is 2.27. The molecule has 2 aromatic heterocycles. The number of hydrogen-bond donors (Lipinski definition) is 0. The first kappa shape index (κ1) is 11.7. The highest BCUT2D eigenvalue weighted by molar-refractivity contribution is 6.10. The second-order valence-electron chi connectivity index (χ2n) is 4.62. The van der Waals surface area contributed by atoms with Gasteiger partial charge in [0, 0.05) is 28.9 Å². The number of hydrogen-bond acceptors (Lipinski definition) is 3. The first-order chi connectivity index (χ1) is 9.16. The second-order valence-corrected chi connectivity index (χ2v) is 4.62. The van der Waals surface area contributed by atoms with Gasteiger partial charge in [0.1, 0.15) is 5.58 Å². The molecule has 0 aliphatic heterocycles. The molecule has 3 heteroatoms. The summed E-state index contributed by atoms with van der Waals surface area (Å²) in [5, 5.41) is 0.998. The molecule has 19 heavy (non-hydrogen) atoms. The third-order valence-electron chi connectivity index (χ3n) is 3.24. The number of carbonyl (C=O) groups is 1. The minimum absolute atomic E-state index is 0.103. The van der Waals surface area contributed by atoms with E-state index >= 15 is 0 Å². The lowest BCUT2D eigenvalue weighted by atomic mass is 10.0. The van der Waals surface area contributed by atoms with Gasteiger partial charge in [0.25, 0.3) is 0 Å². The van der Waals surface area contributed by atoms with E-state index in [1.807, 2.05) is 32.0 Å². The van der Waals surface area contributed by atoms with Gasteiger partial charge in [0.05, 0.1) is 0 Å². The molecule has 3 nitrogen and oxygen atoms in total. The van der Waals surface area contributed by atoms with Gasteiger partial charge in [-0.1, -0.05) is 11.6 Å². The van der Waals surface area contributed by atoms with Crippen LogP contribution in [0.4, 0.5) is 0 Å². The highest BCUT2D eigenvalue weighted by Gasteiger charge is 2.18. The van der Waals surface area contributed by atoms with Crippen molar-refractivity contribution in [3.8, 4) is 0 Å². The molecule has 0 saturated carbocycles. The third kappa shape index (κ3) is 1.93. The largest absolute Gasteiger partial charge is 0.452 e. The number of rotatable bonds is 2. The van der Waals surface area contributed by atoms with Gasteiger partial charge in [-0.15, -0.1) is 0 Å². The molecule has 0 aliphatic rings. The van der Waals surface area contributed by atoms with Crippen LogP contribution in [0.25, 0.3) is 11.0 Å². The summed E-state index contributed by atoms with van der Waals surface area (Å²) in [6, 6.07) is 9.31. The average Bonchev–Trinajstić information content (AvgIpc) is 2.76. The number of pyridine rings is 1. The topological polar surface area (TPSA) is 43.1 Å². The maximum Gasteiger partial charge on any atom is 0.228 e. The first-order valence-electron chi connectivity index (χ1n) is 6.11. The van der Waals surface area contributed by atoms with Crippen LogP contribution in [0.5, 0.6) is 0 Å². The fourth-order valence-electron chi connectivity index (χ4n) is 2.19. The van der Waals surface area contributed by atoms with Crippen LogP contribution in [0, 0.1) is 13.8 Å². The van der Waals surface area contributed by atoms with E-state index in [4.69, 9.17) is 4.42 Å². The summed E-state index contributed by atoms with van der Waals surface area (Å²) in [6.07, 6.45) is 3.21. The lowest BCUT2D eigenvalue weighted by Crippen LogP contribution is -2.01. The predicted octanol–water partition coefficient (Wildman–Crippen LogP) is 3.68. The zero-order valence-electron chi connectivity index (χ0n) is 10.8. The van der Waals surface area contributed by atoms with E-state index in [0.717, 1.165) is 22.1 Å². The van der Waals surface area contributed by atoms with Crippen LogP contribution in [0.1, 0.15) is 27.2 Å². The molecule has 0 atom stereocenters. The maximum atomic E-state index is 12.4. The van der Waals surface area contributed by atoms with Gasteiger partial charge in [-0.3, -0.25) is 9.78 Å². The number of nitrogens with zero attached hydrogens (tertiary/aromatic N) is 1. The van der Waals surface area contributed by atoms with Crippen molar-refractivity contribution in [2.75, 3.05) is 0 Å². The van der Waals surface area contributed by atoms with Crippen molar-refractivity contribution in [3.05, 3.63) is 65.2 Å². The quantitative estimate of drug-likeness (QED) is 0.652. The third-order valence-corrected chi connectivity index (χ3v) is 3.24. The van der Waals surface area contributed by atoms with E-state index in [1.165, 1.54) is 0 Å². The standard InChI is InChI=1S/C16H13NO2/c1-10-3-4-14-13(9-10)11(2)16(19-14)15(18)12-5-7-17-8-6-12/h3-9H,1-2H3. The first-order valence-corrected chi connectivity index (χ1v) is 6.11. The van der Waals surface area contributed by atoms with Crippen molar-refractivity contribution >= 4 is 16.8 Å². The van der Waals surface area contributed by atoms with Crippen LogP contribution < -0.4 is 0 Å². The molecule has 0 saturated heterocycles. The molecular formula is C16H13NO2. The summed E-state index contributed by atoms with van der Waals surface area (Å²) in [6.45, 7) is 3.94. The number of fused-ring (bicyclic) bond motifs is 1. The Morgan fingerprint density at radius 1 is 1.11 bits per heavy atom. The molecule has 0 amide bonds. The van der Waals surface area contributed by atoms with Crippen LogP contribution >= 0.6 is 0 Å². The molecule has 2 heterocycles. The van der Waals surface area contributed by atoms with Crippen LogP contribution in [-0.2, 0) is 0 Å². The molecule has 3 rings (SSSR count). The van der Waals surface area contributed by atoms with E-state index in [0.29, 0.717) is 11.3 Å². The summed E-state index contributed by atoms with van der Waals surface area (Å²) in [7, 11) is 0. The molecule has 0 bridgehead atoms. The zero-order chi connectivity index (χ0) is 13.4. The van der Waals surface area contributed by atoms with Crippen LogP contribution in [0.2, 0.25) is 0 Å². The number of benzene rings is 1. The molecule has 0 unspecified atom stereocenters. The summed E-state index contributed by atoms with van der Waals surface area (Å²) in [5.74, 6) is 0.306. The molecule has 0 spiro atoms. The van der Waals surface area contributed by atoms with E-state index < -0.39 is 0 Å². The Morgan fingerprint density at radius 3 is 2.58 bits per heavy atom. The van der Waals surface area contributed by atoms with E-state index in [2.05, 4.69) is 4.98 Å². The van der Waals surface area contributed by atoms with E-state index in [-0.39, 0.29) is 5.78 Å². The molecular weight excluding hydrogens is 238 g/mol. The average molecular weight is 251 g/mol. The maximum absolute atomic E-state index is 12.4. The van der Waals surface area contributed by atoms with Crippen molar-refractivity contribution in [3.63, 3.8) is 0 Å². The zero-order valence-corrected chi connectivity index (χ0v) is 10.8. The number of aryl methyl sites for hydroxylation is 2. The normalized spacial score (nSPS) is 10.8. The summed E-state index contributed by atoms with van der Waals surface area (Å²) >= 11 is 0. The van der Waals surface area contributed by atoms with Crippen LogP contribution in [0.15, 0.2) is 47.1 Å². The molecule has 0 aliphatic carbocycles. The van der Waals surface area contributed by atoms with Crippen molar-refractivity contribution in [1.29, 1.82) is 0 Å². The summed E-state index contributed by atoms with van der Waals surface area (Å²) in [5.41, 5.74) is 3.38. The summed E-state index contributed by atoms with van der Waals surface area (Å²) < 4.78 is 5.70. The smallest absolute Gasteiger partial charge is 0.228 e. The Kier molecular flexibility index (Phi) is 2.67. The van der Waals surface area contributed by atoms with Gasteiger partial charge in [0.2, 0.25) is 5.78 Å². The number of ketones is 1. The lowest BCUT2D eigenvalue weighted by molar-refractivity contribution is 0.101.